The summed E-state index contributed by atoms with van der Waals surface area (Å²) in [6.07, 6.45) is 1.28. The van der Waals surface area contributed by atoms with Crippen molar-refractivity contribution >= 4 is 11.9 Å². The Balaban J connectivity index is 2.48. The molecule has 0 spiro atoms. The molecular formula is C16H22FNO3. The smallest absolute Gasteiger partial charge is 0.303 e. The van der Waals surface area contributed by atoms with Crippen molar-refractivity contribution in [2.24, 2.45) is 5.41 Å². The van der Waals surface area contributed by atoms with Gasteiger partial charge in [0.2, 0.25) is 0 Å². The zero-order valence-corrected chi connectivity index (χ0v) is 12.7. The van der Waals surface area contributed by atoms with Gasteiger partial charge in [0, 0.05) is 13.0 Å². The molecule has 0 heterocycles. The molecule has 0 saturated heterocycles. The van der Waals surface area contributed by atoms with Gasteiger partial charge >= 0.3 is 5.97 Å². The van der Waals surface area contributed by atoms with Crippen LogP contribution in [0.2, 0.25) is 0 Å². The first kappa shape index (κ1) is 17.1. The first-order valence-corrected chi connectivity index (χ1v) is 6.97. The maximum absolute atomic E-state index is 13.6. The van der Waals surface area contributed by atoms with Crippen LogP contribution < -0.4 is 5.32 Å². The lowest BCUT2D eigenvalue weighted by Crippen LogP contribution is -2.29. The highest BCUT2D eigenvalue weighted by Crippen LogP contribution is 2.26. The van der Waals surface area contributed by atoms with Gasteiger partial charge in [-0.1, -0.05) is 19.9 Å². The standard InChI is InChI=1S/C16H22FNO3/c1-11-4-5-12(13(17)10-11)15(21)18-9-8-16(2,3)7-6-14(19)20/h4-5,10H,6-9H2,1-3H3,(H,18,21)(H,19,20). The van der Waals surface area contributed by atoms with Crippen LogP contribution in [0.3, 0.4) is 0 Å². The van der Waals surface area contributed by atoms with Gasteiger partial charge in [0.15, 0.2) is 0 Å². The van der Waals surface area contributed by atoms with Crippen molar-refractivity contribution in [1.82, 2.24) is 5.32 Å². The molecule has 2 N–H and O–H groups in total. The molecule has 4 nitrogen and oxygen atoms in total. The molecule has 116 valence electrons. The number of nitrogens with one attached hydrogen (secondary N) is 1. The molecule has 0 aliphatic rings. The van der Waals surface area contributed by atoms with Crippen molar-refractivity contribution in [3.63, 3.8) is 0 Å². The van der Waals surface area contributed by atoms with E-state index in [2.05, 4.69) is 5.32 Å². The second-order valence-corrected chi connectivity index (χ2v) is 6.05. The summed E-state index contributed by atoms with van der Waals surface area (Å²) in [7, 11) is 0. The topological polar surface area (TPSA) is 66.4 Å². The van der Waals surface area contributed by atoms with E-state index in [1.165, 1.54) is 12.1 Å². The molecule has 0 saturated carbocycles. The minimum Gasteiger partial charge on any atom is -0.481 e. The first-order valence-electron chi connectivity index (χ1n) is 6.97. The van der Waals surface area contributed by atoms with Crippen molar-refractivity contribution in [2.45, 2.75) is 40.0 Å². The Kier molecular flexibility index (Phi) is 5.88. The van der Waals surface area contributed by atoms with E-state index >= 15 is 0 Å². The molecular weight excluding hydrogens is 273 g/mol. The summed E-state index contributed by atoms with van der Waals surface area (Å²) in [6, 6.07) is 4.48. The third-order valence-corrected chi connectivity index (χ3v) is 3.47. The predicted octanol–water partition coefficient (Wildman–Crippen LogP) is 3.15. The molecule has 0 aromatic heterocycles. The van der Waals surface area contributed by atoms with E-state index in [0.29, 0.717) is 19.4 Å². The lowest BCUT2D eigenvalue weighted by molar-refractivity contribution is -0.137. The molecule has 1 aromatic rings. The molecule has 0 radical (unpaired) electrons. The summed E-state index contributed by atoms with van der Waals surface area (Å²) in [6.45, 7) is 6.05. The Labute approximate surface area is 124 Å². The van der Waals surface area contributed by atoms with Crippen LogP contribution in [-0.4, -0.2) is 23.5 Å². The number of halogens is 1. The molecule has 21 heavy (non-hydrogen) atoms. The molecule has 0 unspecified atom stereocenters. The van der Waals surface area contributed by atoms with E-state index in [1.807, 2.05) is 13.8 Å². The summed E-state index contributed by atoms with van der Waals surface area (Å²) >= 11 is 0. The summed E-state index contributed by atoms with van der Waals surface area (Å²) < 4.78 is 13.6. The highest BCUT2D eigenvalue weighted by molar-refractivity contribution is 5.94. The van der Waals surface area contributed by atoms with E-state index < -0.39 is 17.7 Å². The van der Waals surface area contributed by atoms with Crippen LogP contribution in [0.25, 0.3) is 0 Å². The molecule has 0 fully saturated rings. The number of hydrogen-bond donors (Lipinski definition) is 2. The molecule has 0 atom stereocenters. The minimum absolute atomic E-state index is 0.0314. The summed E-state index contributed by atoms with van der Waals surface area (Å²) in [5.74, 6) is -1.80. The van der Waals surface area contributed by atoms with Gasteiger partial charge in [-0.25, -0.2) is 4.39 Å². The van der Waals surface area contributed by atoms with Gasteiger partial charge in [-0.05, 0) is 42.9 Å². The summed E-state index contributed by atoms with van der Waals surface area (Å²) in [4.78, 5) is 22.5. The zero-order valence-electron chi connectivity index (χ0n) is 12.7. The van der Waals surface area contributed by atoms with Gasteiger partial charge in [0.1, 0.15) is 5.82 Å². The van der Waals surface area contributed by atoms with Gasteiger partial charge in [0.25, 0.3) is 5.91 Å². The zero-order chi connectivity index (χ0) is 16.0. The van der Waals surface area contributed by atoms with Crippen molar-refractivity contribution in [2.75, 3.05) is 6.54 Å². The maximum Gasteiger partial charge on any atom is 0.303 e. The Morgan fingerprint density at radius 3 is 2.52 bits per heavy atom. The van der Waals surface area contributed by atoms with Gasteiger partial charge in [-0.2, -0.15) is 0 Å². The van der Waals surface area contributed by atoms with Gasteiger partial charge in [-0.15, -0.1) is 0 Å². The fourth-order valence-corrected chi connectivity index (χ4v) is 1.98. The monoisotopic (exact) mass is 295 g/mol. The van der Waals surface area contributed by atoms with Crippen molar-refractivity contribution in [3.05, 3.63) is 35.1 Å². The minimum atomic E-state index is -0.825. The molecule has 5 heteroatoms. The second kappa shape index (κ2) is 7.20. The fourth-order valence-electron chi connectivity index (χ4n) is 1.98. The van der Waals surface area contributed by atoms with Crippen molar-refractivity contribution in [1.29, 1.82) is 0 Å². The van der Waals surface area contributed by atoms with E-state index in [1.54, 1.807) is 13.0 Å². The molecule has 1 amide bonds. The number of carbonyl (C=O) groups excluding carboxylic acids is 1. The number of amides is 1. The Bertz CT molecular complexity index is 526. The highest BCUT2D eigenvalue weighted by Gasteiger charge is 2.19. The van der Waals surface area contributed by atoms with Crippen molar-refractivity contribution in [3.8, 4) is 0 Å². The number of carbonyl (C=O) groups is 2. The van der Waals surface area contributed by atoms with Crippen LogP contribution in [0.5, 0.6) is 0 Å². The van der Waals surface area contributed by atoms with E-state index in [0.717, 1.165) is 5.56 Å². The maximum atomic E-state index is 13.6. The van der Waals surface area contributed by atoms with Crippen LogP contribution >= 0.6 is 0 Å². The molecule has 1 rings (SSSR count). The third-order valence-electron chi connectivity index (χ3n) is 3.47. The number of aliphatic carboxylic acids is 1. The lowest BCUT2D eigenvalue weighted by Gasteiger charge is -2.23. The summed E-state index contributed by atoms with van der Waals surface area (Å²) in [5, 5.41) is 11.4. The normalized spacial score (nSPS) is 11.2. The van der Waals surface area contributed by atoms with Gasteiger partial charge in [0.05, 0.1) is 5.56 Å². The van der Waals surface area contributed by atoms with Crippen LogP contribution in [-0.2, 0) is 4.79 Å². The van der Waals surface area contributed by atoms with Crippen LogP contribution in [0, 0.1) is 18.2 Å². The molecule has 0 bridgehead atoms. The molecule has 0 aliphatic heterocycles. The largest absolute Gasteiger partial charge is 0.481 e. The van der Waals surface area contributed by atoms with E-state index in [9.17, 15) is 14.0 Å². The fraction of sp³-hybridized carbons (Fsp3) is 0.500. The number of rotatable bonds is 7. The molecule has 1 aromatic carbocycles. The van der Waals surface area contributed by atoms with Crippen LogP contribution in [0.15, 0.2) is 18.2 Å². The number of hydrogen-bond acceptors (Lipinski definition) is 2. The summed E-state index contributed by atoms with van der Waals surface area (Å²) in [5.41, 5.74) is 0.611. The second-order valence-electron chi connectivity index (χ2n) is 6.05. The number of carboxylic acid groups (broad SMARTS) is 1. The van der Waals surface area contributed by atoms with Crippen LogP contribution in [0.4, 0.5) is 4.39 Å². The Morgan fingerprint density at radius 1 is 1.29 bits per heavy atom. The Morgan fingerprint density at radius 2 is 1.95 bits per heavy atom. The van der Waals surface area contributed by atoms with Crippen molar-refractivity contribution < 1.29 is 19.1 Å². The number of benzene rings is 1. The molecule has 0 aliphatic carbocycles. The highest BCUT2D eigenvalue weighted by atomic mass is 19.1. The Hall–Kier alpha value is -1.91. The van der Waals surface area contributed by atoms with E-state index in [-0.39, 0.29) is 17.4 Å². The average molecular weight is 295 g/mol. The van der Waals surface area contributed by atoms with Gasteiger partial charge < -0.3 is 10.4 Å². The van der Waals surface area contributed by atoms with E-state index in [4.69, 9.17) is 5.11 Å². The lowest BCUT2D eigenvalue weighted by atomic mass is 9.84. The SMILES string of the molecule is Cc1ccc(C(=O)NCCC(C)(C)CCC(=O)O)c(F)c1. The predicted molar refractivity (Wildman–Crippen MR) is 78.7 cm³/mol. The number of aryl methyl sites for hydroxylation is 1. The quantitative estimate of drug-likeness (QED) is 0.812. The van der Waals surface area contributed by atoms with Gasteiger partial charge in [-0.3, -0.25) is 9.59 Å². The third kappa shape index (κ3) is 5.94. The van der Waals surface area contributed by atoms with Crippen LogP contribution in [0.1, 0.15) is 49.0 Å². The first-order chi connectivity index (χ1) is 9.71. The number of carboxylic acids is 1. The average Bonchev–Trinajstić information content (AvgIpc) is 2.36.